The maximum absolute atomic E-state index is 11.1. The highest BCUT2D eigenvalue weighted by Gasteiger charge is 2.03. The van der Waals surface area contributed by atoms with E-state index in [1.165, 1.54) is 0 Å². The molecule has 0 saturated carbocycles. The lowest BCUT2D eigenvalue weighted by Crippen LogP contribution is -2.10. The standard InChI is InChI=1S/C12H20O8/c1-3-15-7-9-17-19-11(13)5-6-12(14)20-18-10-8-16-4-2/h5-6H,3-4,7-10H2,1-2H3/b6-5+. The van der Waals surface area contributed by atoms with E-state index in [1.54, 1.807) is 0 Å². The SMILES string of the molecule is CCOCCOOC(=O)/C=C/C(=O)OOCCOCC. The summed E-state index contributed by atoms with van der Waals surface area (Å²) in [6.07, 6.45) is 1.71. The fourth-order valence-corrected chi connectivity index (χ4v) is 0.866. The molecule has 0 fully saturated rings. The molecule has 0 aromatic heterocycles. The van der Waals surface area contributed by atoms with Crippen LogP contribution in [0.15, 0.2) is 12.2 Å². The Morgan fingerprint density at radius 2 is 1.15 bits per heavy atom. The van der Waals surface area contributed by atoms with Gasteiger partial charge in [0.25, 0.3) is 0 Å². The number of carbonyl (C=O) groups is 2. The third-order valence-electron chi connectivity index (χ3n) is 1.67. The molecule has 0 aliphatic carbocycles. The van der Waals surface area contributed by atoms with Gasteiger partial charge in [-0.1, -0.05) is 0 Å². The lowest BCUT2D eigenvalue weighted by Gasteiger charge is -2.02. The van der Waals surface area contributed by atoms with Gasteiger partial charge in [0.05, 0.1) is 13.2 Å². The number of hydrogen-bond donors (Lipinski definition) is 0. The normalized spacial score (nSPS) is 10.7. The fourth-order valence-electron chi connectivity index (χ4n) is 0.866. The van der Waals surface area contributed by atoms with Crippen LogP contribution in [0.1, 0.15) is 13.8 Å². The van der Waals surface area contributed by atoms with Gasteiger partial charge in [0, 0.05) is 25.4 Å². The second-order valence-corrected chi connectivity index (χ2v) is 3.18. The van der Waals surface area contributed by atoms with E-state index >= 15 is 0 Å². The van der Waals surface area contributed by atoms with Gasteiger partial charge in [-0.25, -0.2) is 9.59 Å². The topological polar surface area (TPSA) is 89.5 Å². The third-order valence-corrected chi connectivity index (χ3v) is 1.67. The van der Waals surface area contributed by atoms with Gasteiger partial charge in [0.2, 0.25) is 0 Å². The summed E-state index contributed by atoms with van der Waals surface area (Å²) in [6.45, 7) is 5.59. The zero-order valence-corrected chi connectivity index (χ0v) is 11.7. The first kappa shape index (κ1) is 18.5. The van der Waals surface area contributed by atoms with E-state index in [-0.39, 0.29) is 13.2 Å². The Morgan fingerprint density at radius 1 is 0.750 bits per heavy atom. The smallest absolute Gasteiger partial charge is 0.366 e. The van der Waals surface area contributed by atoms with Crippen molar-refractivity contribution in [1.82, 2.24) is 0 Å². The number of rotatable bonds is 12. The Hall–Kier alpha value is -1.48. The van der Waals surface area contributed by atoms with Crippen molar-refractivity contribution in [3.63, 3.8) is 0 Å². The van der Waals surface area contributed by atoms with Crippen LogP contribution in [0.2, 0.25) is 0 Å². The van der Waals surface area contributed by atoms with Crippen LogP contribution >= 0.6 is 0 Å². The largest absolute Gasteiger partial charge is 0.379 e. The Bertz CT molecular complexity index is 261. The van der Waals surface area contributed by atoms with Gasteiger partial charge in [0.15, 0.2) is 0 Å². The quantitative estimate of drug-likeness (QED) is 0.223. The van der Waals surface area contributed by atoms with Crippen LogP contribution in [0, 0.1) is 0 Å². The minimum atomic E-state index is -0.840. The van der Waals surface area contributed by atoms with Gasteiger partial charge in [-0.3, -0.25) is 9.78 Å². The molecule has 20 heavy (non-hydrogen) atoms. The maximum Gasteiger partial charge on any atom is 0.366 e. The summed E-state index contributed by atoms with van der Waals surface area (Å²) in [5.41, 5.74) is 0. The summed E-state index contributed by atoms with van der Waals surface area (Å²) >= 11 is 0. The van der Waals surface area contributed by atoms with Crippen LogP contribution in [-0.4, -0.2) is 51.6 Å². The molecule has 0 heterocycles. The molecular formula is C12H20O8. The van der Waals surface area contributed by atoms with Crippen molar-refractivity contribution in [1.29, 1.82) is 0 Å². The highest BCUT2D eigenvalue weighted by atomic mass is 17.2. The number of ether oxygens (including phenoxy) is 2. The van der Waals surface area contributed by atoms with E-state index in [9.17, 15) is 9.59 Å². The highest BCUT2D eigenvalue weighted by molar-refractivity contribution is 5.91. The highest BCUT2D eigenvalue weighted by Crippen LogP contribution is 1.89. The lowest BCUT2D eigenvalue weighted by atomic mass is 10.5. The summed E-state index contributed by atoms with van der Waals surface area (Å²) in [5, 5.41) is 0. The molecule has 8 heteroatoms. The van der Waals surface area contributed by atoms with E-state index in [2.05, 4.69) is 19.6 Å². The van der Waals surface area contributed by atoms with Gasteiger partial charge < -0.3 is 9.47 Å². The lowest BCUT2D eigenvalue weighted by molar-refractivity contribution is -0.273. The summed E-state index contributed by atoms with van der Waals surface area (Å²) < 4.78 is 9.90. The van der Waals surface area contributed by atoms with Crippen molar-refractivity contribution in [2.45, 2.75) is 13.8 Å². The third kappa shape index (κ3) is 13.0. The molecule has 0 amide bonds. The van der Waals surface area contributed by atoms with E-state index in [0.717, 1.165) is 12.2 Å². The minimum Gasteiger partial charge on any atom is -0.379 e. The van der Waals surface area contributed by atoms with Gasteiger partial charge in [-0.2, -0.15) is 9.78 Å². The van der Waals surface area contributed by atoms with Gasteiger partial charge >= 0.3 is 11.9 Å². The zero-order chi connectivity index (χ0) is 15.1. The molecule has 0 radical (unpaired) electrons. The molecule has 0 bridgehead atoms. The first-order valence-electron chi connectivity index (χ1n) is 6.21. The molecular weight excluding hydrogens is 272 g/mol. The molecule has 0 N–H and O–H groups in total. The average molecular weight is 292 g/mol. The monoisotopic (exact) mass is 292 g/mol. The number of carbonyl (C=O) groups excluding carboxylic acids is 2. The molecule has 0 saturated heterocycles. The van der Waals surface area contributed by atoms with E-state index in [1.807, 2.05) is 13.8 Å². The van der Waals surface area contributed by atoms with Crippen LogP contribution in [0.3, 0.4) is 0 Å². The molecule has 0 aromatic rings. The molecule has 0 aromatic carbocycles. The predicted octanol–water partition coefficient (Wildman–Crippen LogP) is 0.565. The molecule has 0 atom stereocenters. The first-order chi connectivity index (χ1) is 9.70. The maximum atomic E-state index is 11.1. The van der Waals surface area contributed by atoms with Crippen LogP contribution in [0.25, 0.3) is 0 Å². The van der Waals surface area contributed by atoms with Crippen LogP contribution < -0.4 is 0 Å². The van der Waals surface area contributed by atoms with Crippen LogP contribution in [0.4, 0.5) is 0 Å². The Morgan fingerprint density at radius 3 is 1.50 bits per heavy atom. The van der Waals surface area contributed by atoms with Crippen molar-refractivity contribution >= 4 is 11.9 Å². The van der Waals surface area contributed by atoms with Gasteiger partial charge in [-0.05, 0) is 13.8 Å². The molecule has 0 unspecified atom stereocenters. The summed E-state index contributed by atoms with van der Waals surface area (Å²) in [7, 11) is 0. The second-order valence-electron chi connectivity index (χ2n) is 3.18. The van der Waals surface area contributed by atoms with Crippen molar-refractivity contribution < 1.29 is 38.6 Å². The fraction of sp³-hybridized carbons (Fsp3) is 0.667. The molecule has 0 aliphatic rings. The van der Waals surface area contributed by atoms with Crippen LogP contribution in [0.5, 0.6) is 0 Å². The Labute approximate surface area is 117 Å². The van der Waals surface area contributed by atoms with Crippen molar-refractivity contribution in [3.05, 3.63) is 12.2 Å². The van der Waals surface area contributed by atoms with E-state index in [4.69, 9.17) is 9.47 Å². The number of hydrogen-bond acceptors (Lipinski definition) is 8. The predicted molar refractivity (Wildman–Crippen MR) is 66.2 cm³/mol. The van der Waals surface area contributed by atoms with E-state index in [0.29, 0.717) is 26.4 Å². The molecule has 0 rings (SSSR count). The van der Waals surface area contributed by atoms with Crippen LogP contribution in [-0.2, 0) is 38.6 Å². The van der Waals surface area contributed by atoms with Gasteiger partial charge in [0.1, 0.15) is 13.2 Å². The van der Waals surface area contributed by atoms with Crippen molar-refractivity contribution in [2.75, 3.05) is 39.6 Å². The van der Waals surface area contributed by atoms with Crippen molar-refractivity contribution in [2.24, 2.45) is 0 Å². The summed E-state index contributed by atoms with van der Waals surface area (Å²) in [5.74, 6) is -1.68. The molecule has 0 aliphatic heterocycles. The second kappa shape index (κ2) is 13.9. The molecule has 0 spiro atoms. The molecule has 8 nitrogen and oxygen atoms in total. The Kier molecular flexibility index (Phi) is 12.9. The Balaban J connectivity index is 3.54. The zero-order valence-electron chi connectivity index (χ0n) is 11.7. The minimum absolute atomic E-state index is 0.110. The summed E-state index contributed by atoms with van der Waals surface area (Å²) in [4.78, 5) is 39.8. The van der Waals surface area contributed by atoms with Gasteiger partial charge in [-0.15, -0.1) is 0 Å². The molecule has 116 valence electrons. The van der Waals surface area contributed by atoms with E-state index < -0.39 is 11.9 Å². The average Bonchev–Trinajstić information content (AvgIpc) is 2.44. The first-order valence-corrected chi connectivity index (χ1v) is 6.21. The van der Waals surface area contributed by atoms with Crippen molar-refractivity contribution in [3.8, 4) is 0 Å². The summed E-state index contributed by atoms with van der Waals surface area (Å²) in [6, 6.07) is 0.